The molecule has 1 rings (SSSR count). The molecule has 0 bridgehead atoms. The Hall–Kier alpha value is -1.36. The van der Waals surface area contributed by atoms with Gasteiger partial charge in [-0.05, 0) is 18.9 Å². The van der Waals surface area contributed by atoms with Crippen LogP contribution < -0.4 is 11.1 Å². The van der Waals surface area contributed by atoms with Gasteiger partial charge >= 0.3 is 0 Å². The van der Waals surface area contributed by atoms with Crippen molar-refractivity contribution in [1.29, 1.82) is 0 Å². The van der Waals surface area contributed by atoms with Gasteiger partial charge in [-0.1, -0.05) is 13.8 Å². The molecule has 5 heteroatoms. The van der Waals surface area contributed by atoms with Crippen molar-refractivity contribution in [1.82, 2.24) is 15.1 Å². The normalized spacial score (nSPS) is 14.8. The van der Waals surface area contributed by atoms with Crippen LogP contribution in [0.3, 0.4) is 0 Å². The third-order valence-electron chi connectivity index (χ3n) is 2.43. The summed E-state index contributed by atoms with van der Waals surface area (Å²) in [5.41, 5.74) is 5.75. The summed E-state index contributed by atoms with van der Waals surface area (Å²) in [7, 11) is 0. The van der Waals surface area contributed by atoms with Crippen molar-refractivity contribution >= 4 is 5.91 Å². The Bertz CT molecular complexity index is 321. The molecule has 3 N–H and O–H groups in total. The van der Waals surface area contributed by atoms with Crippen LogP contribution in [0.5, 0.6) is 0 Å². The van der Waals surface area contributed by atoms with Crippen molar-refractivity contribution in [2.24, 2.45) is 11.7 Å². The molecule has 1 unspecified atom stereocenters. The lowest BCUT2D eigenvalue weighted by molar-refractivity contribution is -0.123. The maximum Gasteiger partial charge on any atom is 0.237 e. The second-order valence-electron chi connectivity index (χ2n) is 4.41. The summed E-state index contributed by atoms with van der Waals surface area (Å²) in [4.78, 5) is 11.7. The van der Waals surface area contributed by atoms with E-state index in [0.717, 1.165) is 0 Å². The summed E-state index contributed by atoms with van der Waals surface area (Å²) in [6, 6.07) is 1.44. The Morgan fingerprint density at radius 2 is 2.19 bits per heavy atom. The van der Waals surface area contributed by atoms with E-state index < -0.39 is 6.04 Å². The van der Waals surface area contributed by atoms with E-state index in [1.807, 2.05) is 33.0 Å². The summed E-state index contributed by atoms with van der Waals surface area (Å²) in [5.74, 6) is 0.0477. The van der Waals surface area contributed by atoms with E-state index in [1.54, 1.807) is 10.9 Å². The zero-order valence-electron chi connectivity index (χ0n) is 10.1. The van der Waals surface area contributed by atoms with Crippen LogP contribution >= 0.6 is 0 Å². The predicted octanol–water partition coefficient (Wildman–Crippen LogP) is 0.371. The van der Waals surface area contributed by atoms with Crippen LogP contribution in [-0.4, -0.2) is 27.8 Å². The number of nitrogens with one attached hydrogen (secondary N) is 1. The van der Waals surface area contributed by atoms with Gasteiger partial charge in [0, 0.05) is 18.4 Å². The maximum absolute atomic E-state index is 11.7. The third-order valence-corrected chi connectivity index (χ3v) is 2.43. The number of nitrogens with two attached hydrogens (primary N) is 1. The molecule has 0 spiro atoms. The first kappa shape index (κ1) is 12.7. The molecule has 90 valence electrons. The Labute approximate surface area is 96.0 Å². The first-order valence-corrected chi connectivity index (χ1v) is 5.54. The highest BCUT2D eigenvalue weighted by molar-refractivity contribution is 5.81. The van der Waals surface area contributed by atoms with E-state index in [2.05, 4.69) is 10.4 Å². The molecule has 16 heavy (non-hydrogen) atoms. The summed E-state index contributed by atoms with van der Waals surface area (Å²) in [6.07, 6.45) is 3.58. The number of rotatable bonds is 5. The van der Waals surface area contributed by atoms with Crippen molar-refractivity contribution in [3.8, 4) is 0 Å². The minimum absolute atomic E-state index is 0.0252. The van der Waals surface area contributed by atoms with Crippen LogP contribution in [0.15, 0.2) is 18.5 Å². The molecule has 1 amide bonds. The molecule has 1 aromatic heterocycles. The van der Waals surface area contributed by atoms with Crippen LogP contribution in [0.1, 0.15) is 20.8 Å². The number of aromatic nitrogens is 2. The number of nitrogens with zero attached hydrogens (tertiary/aromatic N) is 2. The van der Waals surface area contributed by atoms with Gasteiger partial charge < -0.3 is 11.1 Å². The molecule has 0 radical (unpaired) electrons. The van der Waals surface area contributed by atoms with Crippen molar-refractivity contribution in [2.45, 2.75) is 39.4 Å². The molecule has 0 saturated heterocycles. The minimum Gasteiger partial charge on any atom is -0.350 e. The Morgan fingerprint density at radius 1 is 1.50 bits per heavy atom. The van der Waals surface area contributed by atoms with Gasteiger partial charge in [0.25, 0.3) is 0 Å². The van der Waals surface area contributed by atoms with Crippen LogP contribution in [0.25, 0.3) is 0 Å². The SMILES string of the molecule is CC(Cn1cccn1)NC(=O)[C@@H](N)C(C)C. The molecule has 1 aromatic rings. The minimum atomic E-state index is -0.444. The fourth-order valence-corrected chi connectivity index (χ4v) is 1.38. The highest BCUT2D eigenvalue weighted by Gasteiger charge is 2.18. The lowest BCUT2D eigenvalue weighted by atomic mass is 10.0. The van der Waals surface area contributed by atoms with Crippen molar-refractivity contribution < 1.29 is 4.79 Å². The average molecular weight is 224 g/mol. The molecule has 0 aliphatic carbocycles. The summed E-state index contributed by atoms with van der Waals surface area (Å²) in [5, 5.41) is 6.95. The van der Waals surface area contributed by atoms with Crippen LogP contribution in [-0.2, 0) is 11.3 Å². The van der Waals surface area contributed by atoms with E-state index >= 15 is 0 Å². The van der Waals surface area contributed by atoms with Gasteiger partial charge in [-0.25, -0.2) is 0 Å². The van der Waals surface area contributed by atoms with E-state index in [9.17, 15) is 4.79 Å². The molecule has 2 atom stereocenters. The highest BCUT2D eigenvalue weighted by atomic mass is 16.2. The Morgan fingerprint density at radius 3 is 2.69 bits per heavy atom. The quantitative estimate of drug-likeness (QED) is 0.759. The number of carbonyl (C=O) groups is 1. The predicted molar refractivity (Wildman–Crippen MR) is 62.6 cm³/mol. The van der Waals surface area contributed by atoms with Gasteiger partial charge in [-0.2, -0.15) is 5.10 Å². The summed E-state index contributed by atoms with van der Waals surface area (Å²) < 4.78 is 1.78. The highest BCUT2D eigenvalue weighted by Crippen LogP contribution is 1.99. The van der Waals surface area contributed by atoms with Gasteiger partial charge in [0.05, 0.1) is 12.6 Å². The number of amides is 1. The fraction of sp³-hybridized carbons (Fsp3) is 0.636. The number of hydrogen-bond acceptors (Lipinski definition) is 3. The van der Waals surface area contributed by atoms with Gasteiger partial charge in [0.15, 0.2) is 0 Å². The first-order chi connectivity index (χ1) is 7.50. The first-order valence-electron chi connectivity index (χ1n) is 5.54. The molecular formula is C11H20N4O. The van der Waals surface area contributed by atoms with E-state index in [1.165, 1.54) is 0 Å². The topological polar surface area (TPSA) is 72.9 Å². The van der Waals surface area contributed by atoms with Crippen LogP contribution in [0, 0.1) is 5.92 Å². The van der Waals surface area contributed by atoms with Gasteiger partial charge in [-0.3, -0.25) is 9.48 Å². The van der Waals surface area contributed by atoms with Crippen molar-refractivity contribution in [3.63, 3.8) is 0 Å². The summed E-state index contributed by atoms with van der Waals surface area (Å²) >= 11 is 0. The average Bonchev–Trinajstić information content (AvgIpc) is 2.68. The van der Waals surface area contributed by atoms with E-state index in [-0.39, 0.29) is 17.9 Å². The van der Waals surface area contributed by atoms with Gasteiger partial charge in [0.2, 0.25) is 5.91 Å². The molecule has 0 fully saturated rings. The molecule has 0 aliphatic rings. The van der Waals surface area contributed by atoms with Gasteiger partial charge in [0.1, 0.15) is 0 Å². The van der Waals surface area contributed by atoms with Crippen LogP contribution in [0.4, 0.5) is 0 Å². The molecule has 0 aliphatic heterocycles. The smallest absolute Gasteiger partial charge is 0.237 e. The number of hydrogen-bond donors (Lipinski definition) is 2. The molecular weight excluding hydrogens is 204 g/mol. The maximum atomic E-state index is 11.7. The lowest BCUT2D eigenvalue weighted by Crippen LogP contribution is -2.48. The lowest BCUT2D eigenvalue weighted by Gasteiger charge is -2.19. The molecule has 0 saturated carbocycles. The zero-order valence-corrected chi connectivity index (χ0v) is 10.1. The molecule has 0 aromatic carbocycles. The standard InChI is InChI=1S/C11H20N4O/c1-8(2)10(12)11(16)14-9(3)7-15-6-4-5-13-15/h4-6,8-10H,7,12H2,1-3H3,(H,14,16)/t9?,10-/m0/s1. The fourth-order valence-electron chi connectivity index (χ4n) is 1.38. The Kier molecular flexibility index (Phi) is 4.49. The number of carbonyl (C=O) groups excluding carboxylic acids is 1. The molecule has 1 heterocycles. The van der Waals surface area contributed by atoms with E-state index in [0.29, 0.717) is 6.54 Å². The van der Waals surface area contributed by atoms with Crippen molar-refractivity contribution in [2.75, 3.05) is 0 Å². The molecule has 5 nitrogen and oxygen atoms in total. The monoisotopic (exact) mass is 224 g/mol. The van der Waals surface area contributed by atoms with Crippen molar-refractivity contribution in [3.05, 3.63) is 18.5 Å². The second-order valence-corrected chi connectivity index (χ2v) is 4.41. The largest absolute Gasteiger partial charge is 0.350 e. The van der Waals surface area contributed by atoms with Crippen LogP contribution in [0.2, 0.25) is 0 Å². The van der Waals surface area contributed by atoms with Gasteiger partial charge in [-0.15, -0.1) is 0 Å². The Balaban J connectivity index is 2.39. The third kappa shape index (κ3) is 3.66. The van der Waals surface area contributed by atoms with E-state index in [4.69, 9.17) is 5.73 Å². The second kappa shape index (κ2) is 5.65. The summed E-state index contributed by atoms with van der Waals surface area (Å²) in [6.45, 7) is 6.46. The zero-order chi connectivity index (χ0) is 12.1.